The Balaban J connectivity index is 1.69. The number of ether oxygens (including phenoxy) is 1. The Morgan fingerprint density at radius 1 is 1.26 bits per heavy atom. The van der Waals surface area contributed by atoms with Gasteiger partial charge in [0.1, 0.15) is 6.04 Å². The van der Waals surface area contributed by atoms with Gasteiger partial charge in [0.15, 0.2) is 0 Å². The third-order valence-corrected chi connectivity index (χ3v) is 10.5. The third kappa shape index (κ3) is 4.91. The number of unbranched alkanes of at least 4 members (excludes halogenated alkanes) is 2. The van der Waals surface area contributed by atoms with Crippen LogP contribution in [0, 0.1) is 17.8 Å². The molecule has 0 aliphatic carbocycles. The molecular weight excluding hydrogens is 524 g/mol. The van der Waals surface area contributed by atoms with Crippen molar-refractivity contribution in [1.82, 2.24) is 4.90 Å². The number of allylic oxidation sites excluding steroid dienone is 1. The van der Waals surface area contributed by atoms with Gasteiger partial charge >= 0.3 is 5.97 Å². The Labute approximate surface area is 234 Å². The Kier molecular flexibility index (Phi) is 9.27. The largest absolute Gasteiger partial charge is 0.465 e. The predicted octanol–water partition coefficient (Wildman–Crippen LogP) is 4.48. The number of halogens is 1. The highest BCUT2D eigenvalue weighted by Crippen LogP contribution is 2.68. The summed E-state index contributed by atoms with van der Waals surface area (Å²) in [6.07, 6.45) is 7.03. The first kappa shape index (κ1) is 28.7. The van der Waals surface area contributed by atoms with Crippen LogP contribution in [0.15, 0.2) is 49.6 Å². The number of para-hydroxylation sites is 1. The molecule has 9 heteroatoms. The van der Waals surface area contributed by atoms with Crippen molar-refractivity contribution in [3.63, 3.8) is 0 Å². The van der Waals surface area contributed by atoms with Gasteiger partial charge in [0.25, 0.3) is 5.91 Å². The van der Waals surface area contributed by atoms with Gasteiger partial charge < -0.3 is 19.6 Å². The second-order valence-corrected chi connectivity index (χ2v) is 12.3. The van der Waals surface area contributed by atoms with Crippen LogP contribution in [-0.2, 0) is 19.1 Å². The van der Waals surface area contributed by atoms with Gasteiger partial charge in [-0.25, -0.2) is 0 Å². The van der Waals surface area contributed by atoms with Gasteiger partial charge in [-0.15, -0.1) is 24.9 Å². The summed E-state index contributed by atoms with van der Waals surface area (Å²) in [5.74, 6) is -2.00. The number of likely N-dealkylation sites (tertiary alicyclic amines) is 1. The molecular formula is C29H37ClN2O5S. The SMILES string of the molecule is C=CCCCCOC(=O)[C@@H]1[C@H]2C(=O)N(CCCO)C(C(=O)N(CC=C)c3ccccc3Cl)C23S[C@@H]1CC3C. The van der Waals surface area contributed by atoms with E-state index < -0.39 is 22.6 Å². The number of thioether (sulfide) groups is 1. The highest BCUT2D eigenvalue weighted by Gasteiger charge is 2.76. The van der Waals surface area contributed by atoms with Crippen LogP contribution in [0.4, 0.5) is 5.69 Å². The summed E-state index contributed by atoms with van der Waals surface area (Å²) in [4.78, 5) is 45.1. The summed E-state index contributed by atoms with van der Waals surface area (Å²) in [6.45, 7) is 10.3. The van der Waals surface area contributed by atoms with E-state index >= 15 is 0 Å². The highest BCUT2D eigenvalue weighted by molar-refractivity contribution is 8.02. The summed E-state index contributed by atoms with van der Waals surface area (Å²) in [5, 5.41) is 9.93. The zero-order valence-corrected chi connectivity index (χ0v) is 23.5. The van der Waals surface area contributed by atoms with Crippen LogP contribution in [0.25, 0.3) is 0 Å². The molecule has 2 amide bonds. The molecule has 2 bridgehead atoms. The number of carbonyl (C=O) groups is 3. The molecule has 1 aromatic carbocycles. The van der Waals surface area contributed by atoms with Crippen LogP contribution >= 0.6 is 23.4 Å². The van der Waals surface area contributed by atoms with Gasteiger partial charge in [-0.2, -0.15) is 0 Å². The van der Waals surface area contributed by atoms with Gasteiger partial charge in [0, 0.05) is 24.9 Å². The summed E-state index contributed by atoms with van der Waals surface area (Å²) >= 11 is 8.11. The van der Waals surface area contributed by atoms with E-state index in [9.17, 15) is 19.5 Å². The molecule has 206 valence electrons. The van der Waals surface area contributed by atoms with E-state index in [-0.39, 0.29) is 48.6 Å². The molecule has 38 heavy (non-hydrogen) atoms. The van der Waals surface area contributed by atoms with Crippen molar-refractivity contribution in [3.05, 3.63) is 54.6 Å². The number of aliphatic hydroxyl groups is 1. The average molecular weight is 561 g/mol. The minimum absolute atomic E-state index is 0.0352. The Bertz CT molecular complexity index is 1080. The molecule has 1 spiro atoms. The van der Waals surface area contributed by atoms with Gasteiger partial charge in [0.2, 0.25) is 5.91 Å². The van der Waals surface area contributed by atoms with E-state index in [0.29, 0.717) is 23.7 Å². The zero-order valence-electron chi connectivity index (χ0n) is 21.9. The summed E-state index contributed by atoms with van der Waals surface area (Å²) in [5.41, 5.74) is 0.550. The summed E-state index contributed by atoms with van der Waals surface area (Å²) in [6, 6.07) is 6.33. The minimum atomic E-state index is -0.793. The lowest BCUT2D eigenvalue weighted by atomic mass is 9.66. The Morgan fingerprint density at radius 3 is 2.71 bits per heavy atom. The van der Waals surface area contributed by atoms with Crippen molar-refractivity contribution in [2.45, 2.75) is 55.1 Å². The van der Waals surface area contributed by atoms with E-state index in [1.165, 1.54) is 0 Å². The van der Waals surface area contributed by atoms with Gasteiger partial charge in [-0.3, -0.25) is 14.4 Å². The number of fused-ring (bicyclic) bond motifs is 1. The minimum Gasteiger partial charge on any atom is -0.465 e. The number of carbonyl (C=O) groups excluding carboxylic acids is 3. The quantitative estimate of drug-likeness (QED) is 0.217. The first-order valence-corrected chi connectivity index (χ1v) is 14.6. The molecule has 1 aromatic rings. The number of hydrogen-bond acceptors (Lipinski definition) is 6. The third-order valence-electron chi connectivity index (χ3n) is 8.08. The van der Waals surface area contributed by atoms with Gasteiger partial charge in [-0.05, 0) is 50.2 Å². The average Bonchev–Trinajstić information content (AvgIpc) is 3.49. The summed E-state index contributed by atoms with van der Waals surface area (Å²) < 4.78 is 4.91. The van der Waals surface area contributed by atoms with Crippen molar-refractivity contribution < 1.29 is 24.2 Å². The fourth-order valence-electron chi connectivity index (χ4n) is 6.46. The second kappa shape index (κ2) is 12.3. The first-order valence-electron chi connectivity index (χ1n) is 13.4. The second-order valence-electron chi connectivity index (χ2n) is 10.3. The van der Waals surface area contributed by atoms with Crippen molar-refractivity contribution in [3.8, 4) is 0 Å². The number of amides is 2. The molecule has 3 unspecified atom stereocenters. The smallest absolute Gasteiger partial charge is 0.310 e. The summed E-state index contributed by atoms with van der Waals surface area (Å²) in [7, 11) is 0. The Morgan fingerprint density at radius 2 is 2.03 bits per heavy atom. The number of anilines is 1. The fraction of sp³-hybridized carbons (Fsp3) is 0.552. The number of esters is 1. The maximum atomic E-state index is 14.5. The van der Waals surface area contributed by atoms with Crippen LogP contribution in [-0.4, -0.2) is 70.1 Å². The van der Waals surface area contributed by atoms with Crippen molar-refractivity contribution in [2.75, 3.05) is 31.2 Å². The van der Waals surface area contributed by atoms with E-state index in [1.807, 2.05) is 12.1 Å². The van der Waals surface area contributed by atoms with E-state index in [4.69, 9.17) is 16.3 Å². The van der Waals surface area contributed by atoms with Gasteiger partial charge in [-0.1, -0.05) is 42.8 Å². The topological polar surface area (TPSA) is 87.1 Å². The number of benzene rings is 1. The molecule has 0 saturated carbocycles. The highest BCUT2D eigenvalue weighted by atomic mass is 35.5. The maximum Gasteiger partial charge on any atom is 0.310 e. The monoisotopic (exact) mass is 560 g/mol. The van der Waals surface area contributed by atoms with E-state index in [0.717, 1.165) is 25.7 Å². The number of aliphatic hydroxyl groups excluding tert-OH is 1. The van der Waals surface area contributed by atoms with Crippen molar-refractivity contribution >= 4 is 46.8 Å². The van der Waals surface area contributed by atoms with Crippen LogP contribution in [0.5, 0.6) is 0 Å². The zero-order chi connectivity index (χ0) is 27.4. The normalized spacial score (nSPS) is 29.3. The van der Waals surface area contributed by atoms with Crippen molar-refractivity contribution in [1.29, 1.82) is 0 Å². The van der Waals surface area contributed by atoms with E-state index in [2.05, 4.69) is 20.1 Å². The molecule has 7 nitrogen and oxygen atoms in total. The van der Waals surface area contributed by atoms with Crippen LogP contribution in [0.3, 0.4) is 0 Å². The van der Waals surface area contributed by atoms with Gasteiger partial charge in [0.05, 0.1) is 33.9 Å². The molecule has 3 heterocycles. The molecule has 3 fully saturated rings. The number of rotatable bonds is 13. The van der Waals surface area contributed by atoms with Crippen LogP contribution < -0.4 is 4.90 Å². The maximum absolute atomic E-state index is 14.5. The predicted molar refractivity (Wildman–Crippen MR) is 151 cm³/mol. The standard InChI is InChI=1S/C29H37ClN2O5S/c1-4-6-7-10-17-37-28(36)23-22-18-19(3)29(38-22)24(23)26(34)32(15-11-16-33)25(29)27(35)31(14-5-2)21-13-9-8-12-20(21)30/h4-5,8-9,12-13,19,22-25,33H,1-2,6-7,10-11,14-18H2,3H3/t19?,22-,23+,24+,25?,29?/m1/s1. The van der Waals surface area contributed by atoms with Crippen LogP contribution in [0.1, 0.15) is 39.0 Å². The van der Waals surface area contributed by atoms with E-state index in [1.54, 1.807) is 45.8 Å². The lowest BCUT2D eigenvalue weighted by Gasteiger charge is -2.40. The molecule has 0 radical (unpaired) electrons. The molecule has 4 rings (SSSR count). The van der Waals surface area contributed by atoms with Crippen molar-refractivity contribution in [2.24, 2.45) is 17.8 Å². The lowest BCUT2D eigenvalue weighted by Crippen LogP contribution is -2.57. The fourth-order valence-corrected chi connectivity index (χ4v) is 9.10. The number of nitrogens with zero attached hydrogens (tertiary/aromatic N) is 2. The first-order chi connectivity index (χ1) is 18.3. The number of hydrogen-bond donors (Lipinski definition) is 1. The molecule has 3 saturated heterocycles. The molecule has 6 atom stereocenters. The Hall–Kier alpha value is -2.29. The molecule has 0 aromatic heterocycles. The molecule has 3 aliphatic heterocycles. The molecule has 1 N–H and O–H groups in total. The van der Waals surface area contributed by atoms with Crippen LogP contribution in [0.2, 0.25) is 5.02 Å². The lowest BCUT2D eigenvalue weighted by molar-refractivity contribution is -0.154. The molecule has 3 aliphatic rings.